The van der Waals surface area contributed by atoms with Gasteiger partial charge >= 0.3 is 0 Å². The molecule has 9 heteroatoms. The van der Waals surface area contributed by atoms with Crippen LogP contribution in [0.3, 0.4) is 0 Å². The molecule has 0 saturated heterocycles. The Morgan fingerprint density at radius 1 is 1.11 bits per heavy atom. The minimum absolute atomic E-state index is 0.0892. The molecule has 0 atom stereocenters. The molecule has 0 aliphatic rings. The molecule has 0 amide bonds. The maximum Gasteiger partial charge on any atom is 0.280 e. The number of rotatable bonds is 2. The normalized spacial score (nSPS) is 11.6. The zero-order valence-electron chi connectivity index (χ0n) is 8.42. The minimum Gasteiger partial charge on any atom is -0.333 e. The second-order valence-electron chi connectivity index (χ2n) is 3.14. The highest BCUT2D eigenvalue weighted by Gasteiger charge is 2.30. The summed E-state index contributed by atoms with van der Waals surface area (Å²) in [6.45, 7) is 0. The fraction of sp³-hybridized carbons (Fsp3) is 0.111. The van der Waals surface area contributed by atoms with Crippen molar-refractivity contribution in [3.63, 3.8) is 0 Å². The number of hydrogen-bond donors (Lipinski definition) is 1. The van der Waals surface area contributed by atoms with E-state index in [0.717, 1.165) is 0 Å². The maximum absolute atomic E-state index is 5.96. The summed E-state index contributed by atoms with van der Waals surface area (Å²) in [6, 6.07) is 5.02. The fourth-order valence-corrected chi connectivity index (χ4v) is 1.84. The number of hydrogen-bond acceptors (Lipinski definition) is 4. The number of halogens is 5. The third-order valence-corrected chi connectivity index (χ3v) is 2.98. The van der Waals surface area contributed by atoms with Crippen molar-refractivity contribution in [2.45, 2.75) is 3.79 Å². The molecule has 0 aliphatic heterocycles. The Morgan fingerprint density at radius 2 is 1.72 bits per heavy atom. The van der Waals surface area contributed by atoms with E-state index < -0.39 is 3.79 Å². The molecule has 2 aromatic rings. The lowest BCUT2D eigenvalue weighted by Gasteiger charge is -2.06. The molecule has 1 N–H and O–H groups in total. The average Bonchev–Trinajstić information content (AvgIpc) is 2.72. The Hall–Kier alpha value is -0.390. The van der Waals surface area contributed by atoms with Crippen molar-refractivity contribution in [3.8, 4) is 0 Å². The molecule has 0 fully saturated rings. The molecule has 0 spiro atoms. The van der Waals surface area contributed by atoms with Crippen molar-refractivity contribution in [2.75, 3.05) is 5.32 Å². The molecule has 0 saturated carbocycles. The maximum atomic E-state index is 5.96. The predicted molar refractivity (Wildman–Crippen MR) is 73.3 cm³/mol. The van der Waals surface area contributed by atoms with Gasteiger partial charge in [-0.25, -0.2) is 0 Å². The topological polar surface area (TPSA) is 51.0 Å². The molecule has 96 valence electrons. The fourth-order valence-electron chi connectivity index (χ4n) is 1.12. The molecule has 18 heavy (non-hydrogen) atoms. The lowest BCUT2D eigenvalue weighted by molar-refractivity contribution is 0.383. The number of alkyl halides is 3. The highest BCUT2D eigenvalue weighted by atomic mass is 35.6. The van der Waals surface area contributed by atoms with Gasteiger partial charge in [-0.05, 0) is 17.3 Å². The van der Waals surface area contributed by atoms with Gasteiger partial charge in [-0.2, -0.15) is 4.98 Å². The third kappa shape index (κ3) is 3.13. The van der Waals surface area contributed by atoms with Crippen LogP contribution >= 0.6 is 58.0 Å². The van der Waals surface area contributed by atoms with Crippen LogP contribution in [0.1, 0.15) is 5.89 Å². The number of nitrogens with one attached hydrogen (secondary N) is 1. The largest absolute Gasteiger partial charge is 0.333 e. The quantitative estimate of drug-likeness (QED) is 0.781. The third-order valence-electron chi connectivity index (χ3n) is 1.87. The average molecular weight is 347 g/mol. The molecule has 1 aromatic heterocycles. The van der Waals surface area contributed by atoms with Crippen molar-refractivity contribution in [1.29, 1.82) is 0 Å². The summed E-state index contributed by atoms with van der Waals surface area (Å²) in [7, 11) is 0. The zero-order valence-corrected chi connectivity index (χ0v) is 12.2. The van der Waals surface area contributed by atoms with E-state index in [1.165, 1.54) is 0 Å². The van der Waals surface area contributed by atoms with E-state index in [2.05, 4.69) is 15.5 Å². The Labute approximate surface area is 127 Å². The van der Waals surface area contributed by atoms with Gasteiger partial charge in [0.15, 0.2) is 0 Å². The first-order chi connectivity index (χ1) is 8.38. The zero-order chi connectivity index (χ0) is 13.3. The number of nitrogens with zero attached hydrogens (tertiary/aromatic N) is 2. The Kier molecular flexibility index (Phi) is 4.14. The molecule has 0 radical (unpaired) electrons. The highest BCUT2D eigenvalue weighted by Crippen LogP contribution is 2.38. The standard InChI is InChI=1S/C9H4Cl5N3O/c10-4-2-1-3-5(11)6(4)15-8-16-7(18-17-8)9(12,13)14/h1-3H,(H,15,17). The Bertz CT molecular complexity index is 545. The summed E-state index contributed by atoms with van der Waals surface area (Å²) in [5.41, 5.74) is 0.442. The van der Waals surface area contributed by atoms with Crippen LogP contribution in [-0.4, -0.2) is 10.1 Å². The Balaban J connectivity index is 2.27. The van der Waals surface area contributed by atoms with Crippen LogP contribution in [0.15, 0.2) is 22.7 Å². The van der Waals surface area contributed by atoms with Crippen molar-refractivity contribution < 1.29 is 4.52 Å². The van der Waals surface area contributed by atoms with Gasteiger partial charge in [-0.15, -0.1) is 0 Å². The molecular weight excluding hydrogens is 343 g/mol. The summed E-state index contributed by atoms with van der Waals surface area (Å²) >= 11 is 28.7. The van der Waals surface area contributed by atoms with Gasteiger partial charge in [0.25, 0.3) is 15.6 Å². The lowest BCUT2D eigenvalue weighted by Crippen LogP contribution is -2.01. The number of benzene rings is 1. The van der Waals surface area contributed by atoms with Gasteiger partial charge in [0.05, 0.1) is 15.7 Å². The van der Waals surface area contributed by atoms with Crippen molar-refractivity contribution in [3.05, 3.63) is 34.1 Å². The molecule has 4 nitrogen and oxygen atoms in total. The number of para-hydroxylation sites is 1. The van der Waals surface area contributed by atoms with Crippen LogP contribution in [-0.2, 0) is 3.79 Å². The monoisotopic (exact) mass is 345 g/mol. The van der Waals surface area contributed by atoms with E-state index in [1.807, 2.05) is 0 Å². The first-order valence-corrected chi connectivity index (χ1v) is 6.39. The van der Waals surface area contributed by atoms with Crippen LogP contribution in [0.5, 0.6) is 0 Å². The van der Waals surface area contributed by atoms with Crippen LogP contribution < -0.4 is 5.32 Å². The van der Waals surface area contributed by atoms with Gasteiger partial charge < -0.3 is 9.84 Å². The van der Waals surface area contributed by atoms with E-state index in [4.69, 9.17) is 62.5 Å². The second kappa shape index (κ2) is 5.31. The van der Waals surface area contributed by atoms with Gasteiger partial charge in [-0.3, -0.25) is 0 Å². The molecule has 1 aromatic carbocycles. The van der Waals surface area contributed by atoms with Crippen molar-refractivity contribution >= 4 is 69.6 Å². The van der Waals surface area contributed by atoms with Gasteiger partial charge in [0, 0.05) is 0 Å². The van der Waals surface area contributed by atoms with Crippen molar-refractivity contribution in [1.82, 2.24) is 10.1 Å². The van der Waals surface area contributed by atoms with Crippen LogP contribution in [0, 0.1) is 0 Å². The van der Waals surface area contributed by atoms with Crippen LogP contribution in [0.25, 0.3) is 0 Å². The summed E-state index contributed by atoms with van der Waals surface area (Å²) in [5, 5.41) is 7.18. The molecule has 2 rings (SSSR count). The smallest absolute Gasteiger partial charge is 0.280 e. The van der Waals surface area contributed by atoms with E-state index in [-0.39, 0.29) is 11.8 Å². The van der Waals surface area contributed by atoms with E-state index in [1.54, 1.807) is 18.2 Å². The molecule has 0 bridgehead atoms. The predicted octanol–water partition coefficient (Wildman–Crippen LogP) is 4.95. The lowest BCUT2D eigenvalue weighted by atomic mass is 10.3. The van der Waals surface area contributed by atoms with Crippen molar-refractivity contribution in [2.24, 2.45) is 0 Å². The van der Waals surface area contributed by atoms with Crippen LogP contribution in [0.4, 0.5) is 11.6 Å². The van der Waals surface area contributed by atoms with Gasteiger partial charge in [0.1, 0.15) is 0 Å². The molecule has 0 aliphatic carbocycles. The summed E-state index contributed by atoms with van der Waals surface area (Å²) in [5.74, 6) is -0.0653. The number of aromatic nitrogens is 2. The van der Waals surface area contributed by atoms with Gasteiger partial charge in [-0.1, -0.05) is 64.1 Å². The van der Waals surface area contributed by atoms with Gasteiger partial charge in [0.2, 0.25) is 0 Å². The highest BCUT2D eigenvalue weighted by molar-refractivity contribution is 6.66. The first-order valence-electron chi connectivity index (χ1n) is 4.50. The minimum atomic E-state index is -1.78. The Morgan fingerprint density at radius 3 is 2.22 bits per heavy atom. The van der Waals surface area contributed by atoms with E-state index in [9.17, 15) is 0 Å². The summed E-state index contributed by atoms with van der Waals surface area (Å²) < 4.78 is 2.99. The molecule has 0 unspecified atom stereocenters. The van der Waals surface area contributed by atoms with Crippen LogP contribution in [0.2, 0.25) is 10.0 Å². The SMILES string of the molecule is Clc1cccc(Cl)c1Nc1noc(C(Cl)(Cl)Cl)n1. The molecule has 1 heterocycles. The molecular formula is C9H4Cl5N3O. The second-order valence-corrected chi connectivity index (χ2v) is 6.24. The number of anilines is 2. The summed E-state index contributed by atoms with van der Waals surface area (Å²) in [6.07, 6.45) is 0. The van der Waals surface area contributed by atoms with E-state index in [0.29, 0.717) is 15.7 Å². The summed E-state index contributed by atoms with van der Waals surface area (Å²) in [4.78, 5) is 3.86. The first kappa shape index (κ1) is 14.0. The van der Waals surface area contributed by atoms with E-state index >= 15 is 0 Å².